The summed E-state index contributed by atoms with van der Waals surface area (Å²) in [4.78, 5) is 4.38. The smallest absolute Gasteiger partial charge is 0.263 e. The SMILES string of the molecule is FC(F)(F)Cn1ccc(/C=N/Nc2nc(-c3ccccc3)cs2)n1. The average Bonchev–Trinajstić information content (AvgIpc) is 3.16. The maximum Gasteiger partial charge on any atom is 0.408 e. The predicted molar refractivity (Wildman–Crippen MR) is 87.0 cm³/mol. The molecule has 0 aliphatic carbocycles. The molecule has 9 heteroatoms. The van der Waals surface area contributed by atoms with Gasteiger partial charge in [0.25, 0.3) is 0 Å². The summed E-state index contributed by atoms with van der Waals surface area (Å²) in [6, 6.07) is 11.1. The third kappa shape index (κ3) is 4.42. The minimum Gasteiger partial charge on any atom is -0.263 e. The molecule has 3 rings (SSSR count). The Kier molecular flexibility index (Phi) is 4.61. The van der Waals surface area contributed by atoms with Crippen molar-refractivity contribution < 1.29 is 13.2 Å². The lowest BCUT2D eigenvalue weighted by molar-refractivity contribution is -0.142. The van der Waals surface area contributed by atoms with Gasteiger partial charge in [0.2, 0.25) is 5.13 Å². The number of anilines is 1. The normalized spacial score (nSPS) is 12.0. The van der Waals surface area contributed by atoms with Crippen molar-refractivity contribution in [2.45, 2.75) is 12.7 Å². The van der Waals surface area contributed by atoms with Crippen LogP contribution in [0.3, 0.4) is 0 Å². The van der Waals surface area contributed by atoms with Crippen molar-refractivity contribution in [3.63, 3.8) is 0 Å². The molecule has 5 nitrogen and oxygen atoms in total. The highest BCUT2D eigenvalue weighted by Gasteiger charge is 2.28. The van der Waals surface area contributed by atoms with Gasteiger partial charge in [0, 0.05) is 17.1 Å². The fourth-order valence-electron chi connectivity index (χ4n) is 1.94. The predicted octanol–water partition coefficient (Wildman–Crippen LogP) is 4.01. The summed E-state index contributed by atoms with van der Waals surface area (Å²) in [6.07, 6.45) is -1.70. The van der Waals surface area contributed by atoms with Crippen LogP contribution in [0, 0.1) is 0 Å². The highest BCUT2D eigenvalue weighted by Crippen LogP contribution is 2.24. The number of aromatic nitrogens is 3. The summed E-state index contributed by atoms with van der Waals surface area (Å²) in [7, 11) is 0. The van der Waals surface area contributed by atoms with Crippen LogP contribution in [-0.4, -0.2) is 27.2 Å². The Morgan fingerprint density at radius 1 is 1.21 bits per heavy atom. The summed E-state index contributed by atoms with van der Waals surface area (Å²) in [5.74, 6) is 0. The molecule has 0 amide bonds. The summed E-state index contributed by atoms with van der Waals surface area (Å²) in [5, 5.41) is 10.2. The number of thiazole rings is 1. The molecule has 2 heterocycles. The Morgan fingerprint density at radius 2 is 2.00 bits per heavy atom. The molecule has 0 saturated heterocycles. The van der Waals surface area contributed by atoms with Crippen molar-refractivity contribution in [3.05, 3.63) is 53.7 Å². The van der Waals surface area contributed by atoms with Gasteiger partial charge in [-0.25, -0.2) is 4.98 Å². The average molecular weight is 351 g/mol. The van der Waals surface area contributed by atoms with Gasteiger partial charge in [-0.1, -0.05) is 30.3 Å². The highest BCUT2D eigenvalue weighted by molar-refractivity contribution is 7.14. The molecule has 0 unspecified atom stereocenters. The molecule has 1 N–H and O–H groups in total. The number of benzene rings is 1. The minimum absolute atomic E-state index is 0.326. The Morgan fingerprint density at radius 3 is 2.75 bits per heavy atom. The number of hydrogen-bond donors (Lipinski definition) is 1. The summed E-state index contributed by atoms with van der Waals surface area (Å²) in [5.41, 5.74) is 4.90. The van der Waals surface area contributed by atoms with Gasteiger partial charge in [-0.3, -0.25) is 10.1 Å². The molecule has 0 aliphatic rings. The zero-order valence-corrected chi connectivity index (χ0v) is 13.1. The summed E-state index contributed by atoms with van der Waals surface area (Å²) >= 11 is 1.38. The van der Waals surface area contributed by atoms with Crippen LogP contribution < -0.4 is 5.43 Å². The lowest BCUT2D eigenvalue weighted by Gasteiger charge is -2.04. The van der Waals surface area contributed by atoms with Crippen LogP contribution in [0.5, 0.6) is 0 Å². The molecule has 1 aromatic carbocycles. The molecule has 0 aliphatic heterocycles. The number of halogens is 3. The van der Waals surface area contributed by atoms with Crippen molar-refractivity contribution in [2.75, 3.05) is 5.43 Å². The summed E-state index contributed by atoms with van der Waals surface area (Å²) < 4.78 is 37.6. The summed E-state index contributed by atoms with van der Waals surface area (Å²) in [6.45, 7) is -1.12. The number of hydrazone groups is 1. The van der Waals surface area contributed by atoms with Gasteiger partial charge in [-0.15, -0.1) is 11.3 Å². The van der Waals surface area contributed by atoms with Crippen molar-refractivity contribution >= 4 is 22.7 Å². The topological polar surface area (TPSA) is 55.1 Å². The fraction of sp³-hybridized carbons (Fsp3) is 0.133. The van der Waals surface area contributed by atoms with Gasteiger partial charge in [0.1, 0.15) is 12.2 Å². The fourth-order valence-corrected chi connectivity index (χ4v) is 2.61. The first-order valence-electron chi connectivity index (χ1n) is 6.90. The zero-order chi connectivity index (χ0) is 17.0. The van der Waals surface area contributed by atoms with E-state index in [4.69, 9.17) is 0 Å². The van der Waals surface area contributed by atoms with Crippen LogP contribution in [0.25, 0.3) is 11.3 Å². The van der Waals surface area contributed by atoms with Gasteiger partial charge < -0.3 is 0 Å². The van der Waals surface area contributed by atoms with Gasteiger partial charge in [0.05, 0.1) is 11.9 Å². The molecule has 2 aromatic heterocycles. The van der Waals surface area contributed by atoms with Crippen LogP contribution in [0.15, 0.2) is 53.1 Å². The highest BCUT2D eigenvalue weighted by atomic mass is 32.1. The third-order valence-electron chi connectivity index (χ3n) is 2.93. The number of alkyl halides is 3. The maximum atomic E-state index is 12.3. The maximum absolute atomic E-state index is 12.3. The Labute approximate surface area is 139 Å². The van der Waals surface area contributed by atoms with Crippen molar-refractivity contribution in [3.8, 4) is 11.3 Å². The van der Waals surface area contributed by atoms with Crippen LogP contribution in [0.4, 0.5) is 18.3 Å². The second kappa shape index (κ2) is 6.83. The Balaban J connectivity index is 1.60. The molecule has 0 saturated carbocycles. The van der Waals surface area contributed by atoms with Crippen LogP contribution in [0.1, 0.15) is 5.69 Å². The first kappa shape index (κ1) is 16.2. The molecule has 0 bridgehead atoms. The number of nitrogens with one attached hydrogen (secondary N) is 1. The van der Waals surface area contributed by atoms with Gasteiger partial charge in [-0.2, -0.15) is 23.4 Å². The van der Waals surface area contributed by atoms with E-state index in [2.05, 4.69) is 20.6 Å². The quantitative estimate of drug-likeness (QED) is 0.558. The molecule has 0 fully saturated rings. The van der Waals surface area contributed by atoms with E-state index in [1.807, 2.05) is 35.7 Å². The van der Waals surface area contributed by atoms with E-state index in [0.29, 0.717) is 10.8 Å². The largest absolute Gasteiger partial charge is 0.408 e. The second-order valence-electron chi connectivity index (χ2n) is 4.83. The number of rotatable bonds is 5. The second-order valence-corrected chi connectivity index (χ2v) is 5.69. The van der Waals surface area contributed by atoms with Crippen molar-refractivity contribution in [1.82, 2.24) is 14.8 Å². The first-order chi connectivity index (χ1) is 11.5. The molecule has 24 heavy (non-hydrogen) atoms. The van der Waals surface area contributed by atoms with E-state index in [0.717, 1.165) is 15.9 Å². The Hall–Kier alpha value is -2.68. The van der Waals surface area contributed by atoms with E-state index in [1.165, 1.54) is 29.8 Å². The first-order valence-corrected chi connectivity index (χ1v) is 7.78. The molecular formula is C15H12F3N5S. The monoisotopic (exact) mass is 351 g/mol. The lowest BCUT2D eigenvalue weighted by atomic mass is 10.2. The molecule has 3 aromatic rings. The van der Waals surface area contributed by atoms with E-state index in [-0.39, 0.29) is 0 Å². The van der Waals surface area contributed by atoms with E-state index >= 15 is 0 Å². The number of nitrogens with zero attached hydrogens (tertiary/aromatic N) is 4. The molecule has 0 atom stereocenters. The molecule has 124 valence electrons. The van der Waals surface area contributed by atoms with Crippen LogP contribution >= 0.6 is 11.3 Å². The van der Waals surface area contributed by atoms with Gasteiger partial charge in [-0.05, 0) is 6.07 Å². The Bertz CT molecular complexity index is 823. The van der Waals surface area contributed by atoms with E-state index in [1.54, 1.807) is 0 Å². The van der Waals surface area contributed by atoms with Gasteiger partial charge in [0.15, 0.2) is 0 Å². The third-order valence-corrected chi connectivity index (χ3v) is 3.68. The van der Waals surface area contributed by atoms with Crippen LogP contribution in [0.2, 0.25) is 0 Å². The van der Waals surface area contributed by atoms with Gasteiger partial charge >= 0.3 is 6.18 Å². The molecular weight excluding hydrogens is 339 g/mol. The minimum atomic E-state index is -4.30. The van der Waals surface area contributed by atoms with E-state index in [9.17, 15) is 13.2 Å². The lowest BCUT2D eigenvalue weighted by Crippen LogP contribution is -2.18. The zero-order valence-electron chi connectivity index (χ0n) is 12.2. The standard InChI is InChI=1S/C15H12F3N5S/c16-15(17,18)10-23-7-6-12(22-23)8-19-21-14-20-13(9-24-14)11-4-2-1-3-5-11/h1-9H,10H2,(H,20,21)/b19-8+. The molecule has 0 spiro atoms. The molecule has 0 radical (unpaired) electrons. The van der Waals surface area contributed by atoms with Crippen LogP contribution in [-0.2, 0) is 6.54 Å². The van der Waals surface area contributed by atoms with Crippen molar-refractivity contribution in [2.24, 2.45) is 5.10 Å². The van der Waals surface area contributed by atoms with Crippen molar-refractivity contribution in [1.29, 1.82) is 0 Å². The number of hydrogen-bond acceptors (Lipinski definition) is 5. The van der Waals surface area contributed by atoms with E-state index < -0.39 is 12.7 Å².